The van der Waals surface area contributed by atoms with E-state index in [0.29, 0.717) is 0 Å². The van der Waals surface area contributed by atoms with E-state index in [2.05, 4.69) is 0 Å². The summed E-state index contributed by atoms with van der Waals surface area (Å²) >= 11 is 0. The van der Waals surface area contributed by atoms with E-state index in [1.807, 2.05) is 0 Å². The lowest BCUT2D eigenvalue weighted by atomic mass is 9.34. The van der Waals surface area contributed by atoms with E-state index < -0.39 is 0 Å². The van der Waals surface area contributed by atoms with E-state index in [0.717, 1.165) is 41.4 Å². The summed E-state index contributed by atoms with van der Waals surface area (Å²) in [6.45, 7) is 1.62. The molecule has 7 aliphatic rings. The lowest BCUT2D eigenvalue weighted by Crippen LogP contribution is -2.72. The van der Waals surface area contributed by atoms with E-state index in [1.165, 1.54) is 38.5 Å². The Hall–Kier alpha value is -0.530. The van der Waals surface area contributed by atoms with Gasteiger partial charge in [0.1, 0.15) is 5.60 Å². The molecule has 2 heteroatoms. The largest absolute Gasteiger partial charge is 0.459 e. The van der Waals surface area contributed by atoms with Crippen molar-refractivity contribution >= 4 is 5.97 Å². The van der Waals surface area contributed by atoms with Crippen molar-refractivity contribution in [3.8, 4) is 0 Å². The molecule has 4 atom stereocenters. The maximum Gasteiger partial charge on any atom is 0.303 e. The molecule has 7 aliphatic carbocycles. The van der Waals surface area contributed by atoms with Crippen molar-refractivity contribution in [3.05, 3.63) is 0 Å². The zero-order chi connectivity index (χ0) is 12.1. The highest BCUT2D eigenvalue weighted by Gasteiger charge is 2.71. The van der Waals surface area contributed by atoms with Crippen LogP contribution in [0.2, 0.25) is 0 Å². The number of ether oxygens (including phenoxy) is 1. The van der Waals surface area contributed by atoms with Gasteiger partial charge < -0.3 is 4.74 Å². The summed E-state index contributed by atoms with van der Waals surface area (Å²) < 4.78 is 6.05. The average molecular weight is 246 g/mol. The standard InChI is InChI=1S/C16H22O2/c1-8(17)18-16-7-10-3-12-11-2-9(5-14(12)16)6-15(16)13(11)4-10/h9-15H,2-7H2,1H3. The predicted octanol–water partition coefficient (Wildman–Crippen LogP) is 3.01. The van der Waals surface area contributed by atoms with Gasteiger partial charge in [-0.15, -0.1) is 0 Å². The third-order valence-electron chi connectivity index (χ3n) is 7.32. The Morgan fingerprint density at radius 2 is 1.56 bits per heavy atom. The van der Waals surface area contributed by atoms with Gasteiger partial charge in [-0.3, -0.25) is 4.79 Å². The summed E-state index contributed by atoms with van der Waals surface area (Å²) in [4.78, 5) is 11.6. The molecule has 7 fully saturated rings. The molecule has 0 heterocycles. The van der Waals surface area contributed by atoms with Gasteiger partial charge in [-0.2, -0.15) is 0 Å². The summed E-state index contributed by atoms with van der Waals surface area (Å²) in [6.07, 6.45) is 8.34. The molecule has 0 aromatic heterocycles. The van der Waals surface area contributed by atoms with Gasteiger partial charge in [-0.1, -0.05) is 0 Å². The van der Waals surface area contributed by atoms with Crippen LogP contribution >= 0.6 is 0 Å². The smallest absolute Gasteiger partial charge is 0.303 e. The monoisotopic (exact) mass is 246 g/mol. The SMILES string of the molecule is CC(=O)OC12CC3CC4C5CC(CC41)CC2C5C3. The highest BCUT2D eigenvalue weighted by molar-refractivity contribution is 5.67. The van der Waals surface area contributed by atoms with Crippen LogP contribution in [0.1, 0.15) is 45.4 Å². The quantitative estimate of drug-likeness (QED) is 0.665. The second kappa shape index (κ2) is 2.96. The van der Waals surface area contributed by atoms with Crippen LogP contribution in [-0.2, 0) is 9.53 Å². The molecule has 0 aromatic rings. The molecule has 18 heavy (non-hydrogen) atoms. The van der Waals surface area contributed by atoms with Crippen LogP contribution in [0.25, 0.3) is 0 Å². The Labute approximate surface area is 108 Å². The number of rotatable bonds is 1. The van der Waals surface area contributed by atoms with Crippen LogP contribution in [0, 0.1) is 41.4 Å². The fourth-order valence-electron chi connectivity index (χ4n) is 7.33. The predicted molar refractivity (Wildman–Crippen MR) is 66.6 cm³/mol. The molecule has 0 radical (unpaired) electrons. The van der Waals surface area contributed by atoms with Gasteiger partial charge in [0.15, 0.2) is 0 Å². The van der Waals surface area contributed by atoms with E-state index in [9.17, 15) is 4.79 Å². The minimum Gasteiger partial charge on any atom is -0.459 e. The maximum absolute atomic E-state index is 11.6. The van der Waals surface area contributed by atoms with Crippen molar-refractivity contribution in [2.45, 2.75) is 51.0 Å². The number of hydrogen-bond donors (Lipinski definition) is 0. The van der Waals surface area contributed by atoms with Crippen LogP contribution in [-0.4, -0.2) is 11.6 Å². The summed E-state index contributed by atoms with van der Waals surface area (Å²) in [5.74, 6) is 6.11. The van der Waals surface area contributed by atoms with Gasteiger partial charge in [0, 0.05) is 18.8 Å². The first-order valence-electron chi connectivity index (χ1n) is 7.87. The topological polar surface area (TPSA) is 26.3 Å². The van der Waals surface area contributed by atoms with Crippen LogP contribution in [0.3, 0.4) is 0 Å². The van der Waals surface area contributed by atoms with Gasteiger partial charge >= 0.3 is 5.97 Å². The highest BCUT2D eigenvalue weighted by atomic mass is 16.6. The van der Waals surface area contributed by atoms with Gasteiger partial charge in [0.2, 0.25) is 0 Å². The zero-order valence-electron chi connectivity index (χ0n) is 11.1. The van der Waals surface area contributed by atoms with Crippen LogP contribution in [0.15, 0.2) is 0 Å². The fraction of sp³-hybridized carbons (Fsp3) is 0.938. The Balaban J connectivity index is 1.65. The van der Waals surface area contributed by atoms with Crippen LogP contribution in [0.5, 0.6) is 0 Å². The van der Waals surface area contributed by atoms with E-state index in [1.54, 1.807) is 6.92 Å². The molecule has 0 amide bonds. The summed E-state index contributed by atoms with van der Waals surface area (Å²) in [5, 5.41) is 0. The van der Waals surface area contributed by atoms with E-state index in [4.69, 9.17) is 4.74 Å². The lowest BCUT2D eigenvalue weighted by molar-refractivity contribution is -0.293. The molecule has 7 saturated carbocycles. The molecule has 4 unspecified atom stereocenters. The molecule has 0 aromatic carbocycles. The molecule has 7 rings (SSSR count). The first kappa shape index (κ1) is 10.3. The Morgan fingerprint density at radius 1 is 0.944 bits per heavy atom. The van der Waals surface area contributed by atoms with E-state index >= 15 is 0 Å². The molecule has 0 N–H and O–H groups in total. The minimum absolute atomic E-state index is 0.00421. The Kier molecular flexibility index (Phi) is 1.69. The van der Waals surface area contributed by atoms with Gasteiger partial charge in [0.05, 0.1) is 0 Å². The number of esters is 1. The lowest BCUT2D eigenvalue weighted by Gasteiger charge is -2.73. The number of carbonyl (C=O) groups is 1. The minimum atomic E-state index is -0.0254. The Morgan fingerprint density at radius 3 is 2.17 bits per heavy atom. The fourth-order valence-corrected chi connectivity index (χ4v) is 7.33. The third kappa shape index (κ3) is 0.981. The first-order valence-corrected chi connectivity index (χ1v) is 7.87. The van der Waals surface area contributed by atoms with Gasteiger partial charge in [-0.05, 0) is 68.1 Å². The van der Waals surface area contributed by atoms with Crippen molar-refractivity contribution in [3.63, 3.8) is 0 Å². The summed E-state index contributed by atoms with van der Waals surface area (Å²) in [5.41, 5.74) is -0.00421. The molecule has 2 nitrogen and oxygen atoms in total. The molecular formula is C16H22O2. The van der Waals surface area contributed by atoms with Gasteiger partial charge in [-0.25, -0.2) is 0 Å². The normalized spacial score (nSPS) is 62.4. The first-order chi connectivity index (χ1) is 8.67. The van der Waals surface area contributed by atoms with Crippen LogP contribution in [0.4, 0.5) is 0 Å². The third-order valence-corrected chi connectivity index (χ3v) is 7.32. The van der Waals surface area contributed by atoms with Crippen LogP contribution < -0.4 is 0 Å². The molecule has 0 spiro atoms. The maximum atomic E-state index is 11.6. The summed E-state index contributed by atoms with van der Waals surface area (Å²) in [7, 11) is 0. The van der Waals surface area contributed by atoms with Crippen molar-refractivity contribution in [2.75, 3.05) is 0 Å². The number of carbonyl (C=O) groups excluding carboxylic acids is 1. The summed E-state index contributed by atoms with van der Waals surface area (Å²) in [6, 6.07) is 0. The second-order valence-electron chi connectivity index (χ2n) is 7.87. The molecule has 0 saturated heterocycles. The van der Waals surface area contributed by atoms with Crippen molar-refractivity contribution < 1.29 is 9.53 Å². The zero-order valence-corrected chi connectivity index (χ0v) is 11.1. The van der Waals surface area contributed by atoms with Crippen molar-refractivity contribution in [2.24, 2.45) is 41.4 Å². The molecule has 8 bridgehead atoms. The van der Waals surface area contributed by atoms with Gasteiger partial charge in [0.25, 0.3) is 0 Å². The second-order valence-corrected chi connectivity index (χ2v) is 7.87. The van der Waals surface area contributed by atoms with Crippen molar-refractivity contribution in [1.29, 1.82) is 0 Å². The number of hydrogen-bond acceptors (Lipinski definition) is 2. The Bertz CT molecular complexity index is 405. The van der Waals surface area contributed by atoms with Crippen molar-refractivity contribution in [1.82, 2.24) is 0 Å². The average Bonchev–Trinajstić information content (AvgIpc) is 2.34. The van der Waals surface area contributed by atoms with E-state index in [-0.39, 0.29) is 11.6 Å². The molecular weight excluding hydrogens is 224 g/mol. The highest BCUT2D eigenvalue weighted by Crippen LogP contribution is 2.73. The molecule has 98 valence electrons. The molecule has 0 aliphatic heterocycles.